The SMILES string of the molecule is Cn1nccc1CCC(=O)Cc1ccccc1Br. The molecule has 0 saturated carbocycles. The minimum Gasteiger partial charge on any atom is -0.299 e. The zero-order chi connectivity index (χ0) is 13.0. The van der Waals surface area contributed by atoms with Crippen molar-refractivity contribution in [3.05, 3.63) is 52.3 Å². The van der Waals surface area contributed by atoms with Gasteiger partial charge in [0.25, 0.3) is 0 Å². The molecule has 2 aromatic rings. The number of halogens is 1. The molecule has 3 nitrogen and oxygen atoms in total. The second-order valence-corrected chi connectivity index (χ2v) is 5.11. The lowest BCUT2D eigenvalue weighted by atomic mass is 10.0. The van der Waals surface area contributed by atoms with Crippen LogP contribution in [0.3, 0.4) is 0 Å². The van der Waals surface area contributed by atoms with Crippen molar-refractivity contribution in [1.29, 1.82) is 0 Å². The van der Waals surface area contributed by atoms with Crippen molar-refractivity contribution in [2.45, 2.75) is 19.3 Å². The van der Waals surface area contributed by atoms with E-state index in [1.807, 2.05) is 42.1 Å². The van der Waals surface area contributed by atoms with Crippen LogP contribution in [-0.4, -0.2) is 15.6 Å². The van der Waals surface area contributed by atoms with E-state index in [9.17, 15) is 4.79 Å². The lowest BCUT2D eigenvalue weighted by Gasteiger charge is -2.04. The summed E-state index contributed by atoms with van der Waals surface area (Å²) in [6.07, 6.45) is 3.55. The van der Waals surface area contributed by atoms with Crippen molar-refractivity contribution in [1.82, 2.24) is 9.78 Å². The van der Waals surface area contributed by atoms with Gasteiger partial charge in [0.05, 0.1) is 0 Å². The maximum atomic E-state index is 11.9. The van der Waals surface area contributed by atoms with E-state index in [0.717, 1.165) is 22.2 Å². The smallest absolute Gasteiger partial charge is 0.137 e. The van der Waals surface area contributed by atoms with E-state index in [2.05, 4.69) is 21.0 Å². The molecule has 0 spiro atoms. The number of hydrogen-bond acceptors (Lipinski definition) is 2. The molecule has 0 atom stereocenters. The van der Waals surface area contributed by atoms with E-state index in [0.29, 0.717) is 12.8 Å². The molecule has 0 aliphatic carbocycles. The van der Waals surface area contributed by atoms with Crippen molar-refractivity contribution in [2.75, 3.05) is 0 Å². The molecule has 0 radical (unpaired) electrons. The average molecular weight is 307 g/mol. The Morgan fingerprint density at radius 2 is 2.11 bits per heavy atom. The van der Waals surface area contributed by atoms with Crippen LogP contribution in [0.5, 0.6) is 0 Å². The van der Waals surface area contributed by atoms with Crippen molar-refractivity contribution < 1.29 is 4.79 Å². The highest BCUT2D eigenvalue weighted by molar-refractivity contribution is 9.10. The van der Waals surface area contributed by atoms with E-state index < -0.39 is 0 Å². The van der Waals surface area contributed by atoms with Crippen LogP contribution in [0.25, 0.3) is 0 Å². The van der Waals surface area contributed by atoms with Gasteiger partial charge < -0.3 is 0 Å². The molecule has 94 valence electrons. The lowest BCUT2D eigenvalue weighted by Crippen LogP contribution is -2.07. The maximum Gasteiger partial charge on any atom is 0.137 e. The van der Waals surface area contributed by atoms with Gasteiger partial charge in [-0.15, -0.1) is 0 Å². The minimum absolute atomic E-state index is 0.253. The number of rotatable bonds is 5. The van der Waals surface area contributed by atoms with Crippen LogP contribution < -0.4 is 0 Å². The zero-order valence-corrected chi connectivity index (χ0v) is 11.9. The van der Waals surface area contributed by atoms with Crippen molar-refractivity contribution in [3.63, 3.8) is 0 Å². The van der Waals surface area contributed by atoms with E-state index in [4.69, 9.17) is 0 Å². The Bertz CT molecular complexity index is 548. The van der Waals surface area contributed by atoms with Gasteiger partial charge in [0.1, 0.15) is 5.78 Å². The number of Topliss-reactive ketones (excluding diaryl/α,β-unsaturated/α-hetero) is 1. The molecule has 0 saturated heterocycles. The van der Waals surface area contributed by atoms with Crippen LogP contribution in [0, 0.1) is 0 Å². The van der Waals surface area contributed by atoms with Crippen LogP contribution in [-0.2, 0) is 24.7 Å². The number of carbonyl (C=O) groups is 1. The number of nitrogens with zero attached hydrogens (tertiary/aromatic N) is 2. The van der Waals surface area contributed by atoms with Crippen molar-refractivity contribution in [3.8, 4) is 0 Å². The fraction of sp³-hybridized carbons (Fsp3) is 0.286. The van der Waals surface area contributed by atoms with Gasteiger partial charge in [-0.1, -0.05) is 34.1 Å². The van der Waals surface area contributed by atoms with Crippen LogP contribution in [0.2, 0.25) is 0 Å². The Labute approximate surface area is 115 Å². The predicted molar refractivity (Wildman–Crippen MR) is 74.4 cm³/mol. The highest BCUT2D eigenvalue weighted by atomic mass is 79.9. The van der Waals surface area contributed by atoms with Crippen molar-refractivity contribution in [2.24, 2.45) is 7.05 Å². The Kier molecular flexibility index (Phi) is 4.31. The first-order chi connectivity index (χ1) is 8.66. The summed E-state index contributed by atoms with van der Waals surface area (Å²) < 4.78 is 2.81. The largest absolute Gasteiger partial charge is 0.299 e. The van der Waals surface area contributed by atoms with E-state index in [1.54, 1.807) is 6.20 Å². The summed E-state index contributed by atoms with van der Waals surface area (Å²) >= 11 is 3.46. The summed E-state index contributed by atoms with van der Waals surface area (Å²) in [5.41, 5.74) is 2.14. The van der Waals surface area contributed by atoms with Gasteiger partial charge in [-0.25, -0.2) is 0 Å². The summed E-state index contributed by atoms with van der Waals surface area (Å²) in [5.74, 6) is 0.253. The Balaban J connectivity index is 1.90. The summed E-state index contributed by atoms with van der Waals surface area (Å²) in [5, 5.41) is 4.09. The number of benzene rings is 1. The van der Waals surface area contributed by atoms with Crippen LogP contribution >= 0.6 is 15.9 Å². The van der Waals surface area contributed by atoms with E-state index >= 15 is 0 Å². The Hall–Kier alpha value is -1.42. The second-order valence-electron chi connectivity index (χ2n) is 4.25. The number of aromatic nitrogens is 2. The molecule has 1 aromatic heterocycles. The molecule has 4 heteroatoms. The van der Waals surface area contributed by atoms with Crippen LogP contribution in [0.1, 0.15) is 17.7 Å². The molecule has 0 unspecified atom stereocenters. The zero-order valence-electron chi connectivity index (χ0n) is 10.3. The second kappa shape index (κ2) is 5.96. The molecule has 0 fully saturated rings. The first kappa shape index (κ1) is 13.0. The minimum atomic E-state index is 0.253. The third-order valence-electron chi connectivity index (χ3n) is 2.93. The third-order valence-corrected chi connectivity index (χ3v) is 3.70. The fourth-order valence-electron chi connectivity index (χ4n) is 1.86. The summed E-state index contributed by atoms with van der Waals surface area (Å²) in [7, 11) is 1.90. The molecular weight excluding hydrogens is 292 g/mol. The molecule has 0 amide bonds. The van der Waals surface area contributed by atoms with Gasteiger partial charge >= 0.3 is 0 Å². The molecule has 1 aromatic carbocycles. The molecule has 0 N–H and O–H groups in total. The number of ketones is 1. The highest BCUT2D eigenvalue weighted by Crippen LogP contribution is 2.17. The fourth-order valence-corrected chi connectivity index (χ4v) is 2.28. The quantitative estimate of drug-likeness (QED) is 0.851. The lowest BCUT2D eigenvalue weighted by molar-refractivity contribution is -0.118. The Morgan fingerprint density at radius 3 is 2.78 bits per heavy atom. The van der Waals surface area contributed by atoms with Crippen LogP contribution in [0.4, 0.5) is 0 Å². The molecule has 1 heterocycles. The van der Waals surface area contributed by atoms with Gasteiger partial charge in [0.15, 0.2) is 0 Å². The van der Waals surface area contributed by atoms with E-state index in [1.165, 1.54) is 0 Å². The standard InChI is InChI=1S/C14H15BrN2O/c1-17-12(8-9-16-17)6-7-13(18)10-11-4-2-3-5-14(11)15/h2-5,8-9H,6-7,10H2,1H3. The van der Waals surface area contributed by atoms with Gasteiger partial charge in [0, 0.05) is 36.3 Å². The summed E-state index contributed by atoms with van der Waals surface area (Å²) in [6.45, 7) is 0. The van der Waals surface area contributed by atoms with E-state index in [-0.39, 0.29) is 5.78 Å². The average Bonchev–Trinajstić information content (AvgIpc) is 2.75. The third kappa shape index (κ3) is 3.29. The first-order valence-corrected chi connectivity index (χ1v) is 6.68. The van der Waals surface area contributed by atoms with Gasteiger partial charge in [-0.2, -0.15) is 5.10 Å². The van der Waals surface area contributed by atoms with Crippen LogP contribution in [0.15, 0.2) is 41.0 Å². The maximum absolute atomic E-state index is 11.9. The van der Waals surface area contributed by atoms with Gasteiger partial charge in [-0.05, 0) is 24.1 Å². The normalized spacial score (nSPS) is 10.6. The summed E-state index contributed by atoms with van der Waals surface area (Å²) in [4.78, 5) is 11.9. The molecule has 0 bridgehead atoms. The predicted octanol–water partition coefficient (Wildman–Crippen LogP) is 2.93. The molecule has 18 heavy (non-hydrogen) atoms. The number of carbonyl (C=O) groups excluding carboxylic acids is 1. The molecule has 0 aliphatic heterocycles. The summed E-state index contributed by atoms with van der Waals surface area (Å²) in [6, 6.07) is 9.80. The van der Waals surface area contributed by atoms with Gasteiger partial charge in [-0.3, -0.25) is 9.48 Å². The monoisotopic (exact) mass is 306 g/mol. The topological polar surface area (TPSA) is 34.9 Å². The molecule has 2 rings (SSSR count). The first-order valence-electron chi connectivity index (χ1n) is 5.89. The Morgan fingerprint density at radius 1 is 1.33 bits per heavy atom. The number of aryl methyl sites for hydroxylation is 2. The van der Waals surface area contributed by atoms with Crippen molar-refractivity contribution >= 4 is 21.7 Å². The highest BCUT2D eigenvalue weighted by Gasteiger charge is 2.08. The number of hydrogen-bond donors (Lipinski definition) is 0. The van der Waals surface area contributed by atoms with Gasteiger partial charge in [0.2, 0.25) is 0 Å². The molecular formula is C14H15BrN2O. The molecule has 0 aliphatic rings.